The molecule has 0 aliphatic heterocycles. The molecule has 0 radical (unpaired) electrons. The Hall–Kier alpha value is 0.956. The molecular formula is CH6N2O3Zr2. The van der Waals surface area contributed by atoms with Gasteiger partial charge >= 0.3 is 57.4 Å². The maximum absolute atomic E-state index is 8.33. The minimum atomic E-state index is -2.33. The first kappa shape index (κ1) is 16.0. The van der Waals surface area contributed by atoms with Gasteiger partial charge in [-0.25, -0.2) is 0 Å². The van der Waals surface area contributed by atoms with Crippen LogP contribution in [0, 0.1) is 0 Å². The van der Waals surface area contributed by atoms with Crippen LogP contribution in [0.25, 0.3) is 0 Å². The van der Waals surface area contributed by atoms with Crippen molar-refractivity contribution in [2.75, 3.05) is 0 Å². The quantitative estimate of drug-likeness (QED) is 0.461. The molecule has 5 nitrogen and oxygen atoms in total. The van der Waals surface area contributed by atoms with E-state index in [4.69, 9.17) is 15.0 Å². The Morgan fingerprint density at radius 1 is 1.12 bits per heavy atom. The minimum absolute atomic E-state index is 1.30. The molecule has 0 amide bonds. The summed E-state index contributed by atoms with van der Waals surface area (Å²) in [6, 6.07) is 0. The van der Waals surface area contributed by atoms with Crippen LogP contribution in [0.4, 0.5) is 4.79 Å². The molecule has 0 aliphatic rings. The van der Waals surface area contributed by atoms with E-state index in [0.717, 1.165) is 0 Å². The number of carbonyl (C=O) groups is 1. The van der Waals surface area contributed by atoms with Gasteiger partial charge in [-0.2, -0.15) is 0 Å². The second-order valence-corrected chi connectivity index (χ2v) is 0.250. The summed E-state index contributed by atoms with van der Waals surface area (Å²) in [4.78, 5) is 8.33. The van der Waals surface area contributed by atoms with Crippen molar-refractivity contribution in [2.45, 2.75) is 0 Å². The second kappa shape index (κ2) is 24.6. The molecule has 6 N–H and O–H groups in total. The van der Waals surface area contributed by atoms with E-state index in [1.54, 1.807) is 0 Å². The van der Waals surface area contributed by atoms with Gasteiger partial charge < -0.3 is 15.0 Å². The van der Waals surface area contributed by atoms with Gasteiger partial charge in [0, 0.05) is 0 Å². The third-order valence-electron chi connectivity index (χ3n) is 0. The number of hydrogen-bond donors (Lipinski definition) is 2. The summed E-state index contributed by atoms with van der Waals surface area (Å²) < 4.78 is 6.68. The third-order valence-corrected chi connectivity index (χ3v) is 0. The summed E-state index contributed by atoms with van der Waals surface area (Å²) in [6.45, 7) is 0. The standard InChI is InChI=1S/CH2O3.2H3N.2Zr/c2-1(3)4;;;;/h(H2,2,3,4);2*1H3;;/q;;;2*+1/p-2. The van der Waals surface area contributed by atoms with Crippen LogP contribution in [0.15, 0.2) is 0 Å². The van der Waals surface area contributed by atoms with E-state index in [1.165, 1.54) is 50.0 Å². The number of rotatable bonds is 0. The molecule has 0 rings (SSSR count). The zero-order valence-corrected chi connectivity index (χ0v) is 9.06. The number of carboxylic acid groups (broad SMARTS) is 2. The Kier molecular flexibility index (Phi) is 49.1. The van der Waals surface area contributed by atoms with E-state index in [2.05, 4.69) is 7.35 Å². The van der Waals surface area contributed by atoms with Crippen molar-refractivity contribution in [1.29, 1.82) is 0 Å². The Morgan fingerprint density at radius 3 is 1.12 bits per heavy atom. The van der Waals surface area contributed by atoms with Crippen LogP contribution in [-0.2, 0) is 50.0 Å². The molecule has 0 saturated heterocycles. The van der Waals surface area contributed by atoms with Gasteiger partial charge in [-0.3, -0.25) is 0 Å². The van der Waals surface area contributed by atoms with Crippen LogP contribution in [0.2, 0.25) is 0 Å². The van der Waals surface area contributed by atoms with Crippen LogP contribution < -0.4 is 17.6 Å². The van der Waals surface area contributed by atoms with E-state index in [0.29, 0.717) is 0 Å². The Morgan fingerprint density at radius 2 is 1.12 bits per heavy atom. The molecule has 0 aromatic carbocycles. The molecule has 0 saturated carbocycles. The molecule has 7 heteroatoms. The van der Waals surface area contributed by atoms with Crippen molar-refractivity contribution in [3.63, 3.8) is 0 Å². The Bertz CT molecular complexity index is 38.3. The zero-order valence-electron chi connectivity index (χ0n) is 4.14. The van der Waals surface area contributed by atoms with Gasteiger partial charge in [-0.05, 0) is 6.16 Å². The van der Waals surface area contributed by atoms with Crippen molar-refractivity contribution in [3.8, 4) is 0 Å². The molecule has 0 heterocycles. The molecule has 0 atom stereocenters. The molecule has 0 aliphatic carbocycles. The molecule has 0 unspecified atom stereocenters. The van der Waals surface area contributed by atoms with E-state index >= 15 is 0 Å². The average molecular weight is 277 g/mol. The molecule has 0 bridgehead atoms. The molecule has 46 valence electrons. The van der Waals surface area contributed by atoms with Crippen LogP contribution in [0.3, 0.4) is 0 Å². The first-order valence-corrected chi connectivity index (χ1v) is 4.80. The fraction of sp³-hybridized carbons (Fsp3) is 0. The van der Waals surface area contributed by atoms with Crippen LogP contribution >= 0.6 is 0 Å². The summed E-state index contributed by atoms with van der Waals surface area (Å²) in [6.07, 6.45) is -2.33. The monoisotopic (exact) mass is 274 g/mol. The molecule has 0 aromatic rings. The molecular weight excluding hydrogens is 270 g/mol. The van der Waals surface area contributed by atoms with Crippen molar-refractivity contribution in [1.82, 2.24) is 0 Å². The van der Waals surface area contributed by atoms with Gasteiger partial charge in [0.25, 0.3) is 0 Å². The summed E-state index contributed by atoms with van der Waals surface area (Å²) in [5.74, 6) is 0. The van der Waals surface area contributed by atoms with Gasteiger partial charge in [0.15, 0.2) is 0 Å². The Labute approximate surface area is 77.9 Å². The van der Waals surface area contributed by atoms with Gasteiger partial charge in [0.1, 0.15) is 0 Å². The number of carbonyl (C=O) groups excluding carboxylic acids is 1. The number of hydrogen-bond acceptors (Lipinski definition) is 3. The van der Waals surface area contributed by atoms with Crippen molar-refractivity contribution >= 4 is 6.16 Å². The van der Waals surface area contributed by atoms with Gasteiger partial charge in [-0.15, -0.1) is 0 Å². The maximum atomic E-state index is 8.33. The fourth-order valence-electron chi connectivity index (χ4n) is 0. The normalized spacial score (nSPS) is 4.00. The third kappa shape index (κ3) is 270. The van der Waals surface area contributed by atoms with E-state index in [9.17, 15) is 0 Å². The van der Waals surface area contributed by atoms with Gasteiger partial charge in [0.2, 0.25) is 0 Å². The van der Waals surface area contributed by atoms with Crippen LogP contribution in [0.5, 0.6) is 0 Å². The first-order chi connectivity index (χ1) is 3.73. The second-order valence-electron chi connectivity index (χ2n) is 0.250. The van der Waals surface area contributed by atoms with Gasteiger partial charge in [0.05, 0.1) is 0 Å². The van der Waals surface area contributed by atoms with Crippen molar-refractivity contribution in [3.05, 3.63) is 0 Å². The summed E-state index contributed by atoms with van der Waals surface area (Å²) in [7, 11) is 0. The SMILES string of the molecule is O=C([O-])[O-].[NH3+][Zr].[NH3+][Zr]. The van der Waals surface area contributed by atoms with E-state index < -0.39 is 6.16 Å². The van der Waals surface area contributed by atoms with Crippen molar-refractivity contribution < 1.29 is 72.4 Å². The van der Waals surface area contributed by atoms with E-state index in [-0.39, 0.29) is 0 Å². The predicted molar refractivity (Wildman–Crippen MR) is 11.2 cm³/mol. The molecule has 0 fully saturated rings. The van der Waals surface area contributed by atoms with E-state index in [1.807, 2.05) is 0 Å². The van der Waals surface area contributed by atoms with Crippen LogP contribution in [-0.4, -0.2) is 6.16 Å². The predicted octanol–water partition coefficient (Wildman–Crippen LogP) is -5.07. The summed E-state index contributed by atoms with van der Waals surface area (Å²) >= 11 is 2.60. The first-order valence-electron chi connectivity index (χ1n) is 1.32. The molecule has 0 aromatic heterocycles. The van der Waals surface area contributed by atoms with Crippen molar-refractivity contribution in [2.24, 2.45) is 0 Å². The topological polar surface area (TPSA) is 118 Å². The summed E-state index contributed by atoms with van der Waals surface area (Å²) in [5, 5.41) is 16.7. The molecule has 8 heavy (non-hydrogen) atoms. The fourth-order valence-corrected chi connectivity index (χ4v) is 0. The molecule has 0 spiro atoms. The van der Waals surface area contributed by atoms with Crippen LogP contribution in [0.1, 0.15) is 0 Å². The Balaban J connectivity index is -0.0000000542. The zero-order chi connectivity index (χ0) is 7.58. The van der Waals surface area contributed by atoms with Gasteiger partial charge in [-0.1, -0.05) is 0 Å². The summed E-state index contributed by atoms with van der Waals surface area (Å²) in [5.41, 5.74) is 0. The number of quaternary nitrogens is 2. The average Bonchev–Trinajstić information content (AvgIpc) is 1.75.